The number of carbonyl (C=O) groups excluding carboxylic acids is 2. The molecule has 0 saturated heterocycles. The predicted octanol–water partition coefficient (Wildman–Crippen LogP) is 1.80. The maximum Gasteiger partial charge on any atom is 0.302 e. The van der Waals surface area contributed by atoms with Crippen molar-refractivity contribution in [1.82, 2.24) is 0 Å². The number of nitrogens with zero attached hydrogens (tertiary/aromatic N) is 1. The molecule has 1 atom stereocenters. The fourth-order valence-electron chi connectivity index (χ4n) is 3.10. The van der Waals surface area contributed by atoms with Crippen molar-refractivity contribution in [2.24, 2.45) is 0 Å². The van der Waals surface area contributed by atoms with Crippen molar-refractivity contribution in [3.05, 3.63) is 29.3 Å². The lowest BCUT2D eigenvalue weighted by Crippen LogP contribution is -2.42. The number of rotatable bonds is 2. The number of benzene rings is 1. The van der Waals surface area contributed by atoms with Gasteiger partial charge >= 0.3 is 5.97 Å². The smallest absolute Gasteiger partial charge is 0.302 e. The van der Waals surface area contributed by atoms with Crippen LogP contribution in [0, 0.1) is 0 Å². The van der Waals surface area contributed by atoms with Gasteiger partial charge in [-0.15, -0.1) is 0 Å². The van der Waals surface area contributed by atoms with E-state index in [1.165, 1.54) is 12.5 Å². The van der Waals surface area contributed by atoms with E-state index in [1.807, 2.05) is 24.0 Å². The van der Waals surface area contributed by atoms with Crippen LogP contribution in [-0.2, 0) is 26.2 Å². The number of hydrogen-bond acceptors (Lipinski definition) is 3. The van der Waals surface area contributed by atoms with Gasteiger partial charge in [0.05, 0.1) is 5.69 Å². The summed E-state index contributed by atoms with van der Waals surface area (Å²) in [7, 11) is 0. The van der Waals surface area contributed by atoms with Crippen LogP contribution >= 0.6 is 0 Å². The number of para-hydroxylation sites is 1. The van der Waals surface area contributed by atoms with Crippen molar-refractivity contribution in [3.8, 4) is 0 Å². The molecule has 4 heteroatoms. The number of anilines is 1. The molecule has 2 aliphatic heterocycles. The molecule has 0 fully saturated rings. The molecular formula is C15H17NO3. The molecule has 2 heterocycles. The van der Waals surface area contributed by atoms with Gasteiger partial charge in [-0.2, -0.15) is 0 Å². The minimum absolute atomic E-state index is 0.0518. The maximum atomic E-state index is 12.6. The lowest BCUT2D eigenvalue weighted by atomic mass is 9.84. The van der Waals surface area contributed by atoms with Gasteiger partial charge in [-0.1, -0.05) is 18.2 Å². The maximum absolute atomic E-state index is 12.6. The Labute approximate surface area is 112 Å². The fourth-order valence-corrected chi connectivity index (χ4v) is 3.10. The molecule has 0 N–H and O–H groups in total. The van der Waals surface area contributed by atoms with Gasteiger partial charge in [-0.3, -0.25) is 9.59 Å². The Morgan fingerprint density at radius 3 is 3.00 bits per heavy atom. The van der Waals surface area contributed by atoms with Crippen LogP contribution in [0.4, 0.5) is 5.69 Å². The van der Waals surface area contributed by atoms with E-state index in [4.69, 9.17) is 4.74 Å². The van der Waals surface area contributed by atoms with E-state index in [2.05, 4.69) is 6.07 Å². The minimum atomic E-state index is -0.735. The highest BCUT2D eigenvalue weighted by Gasteiger charge is 2.49. The van der Waals surface area contributed by atoms with Crippen molar-refractivity contribution >= 4 is 17.6 Å². The number of esters is 1. The van der Waals surface area contributed by atoms with Crippen LogP contribution in [0.2, 0.25) is 0 Å². The molecule has 0 saturated carbocycles. The second kappa shape index (κ2) is 4.08. The highest BCUT2D eigenvalue weighted by molar-refractivity contribution is 6.09. The SMILES string of the molecule is CC(=O)OC[C@]1(C)C(=O)N2CCCc3cccc1c32. The van der Waals surface area contributed by atoms with Crippen molar-refractivity contribution in [3.63, 3.8) is 0 Å². The summed E-state index contributed by atoms with van der Waals surface area (Å²) in [5, 5.41) is 0. The summed E-state index contributed by atoms with van der Waals surface area (Å²) in [6.45, 7) is 4.12. The second-order valence-corrected chi connectivity index (χ2v) is 5.49. The average molecular weight is 259 g/mol. The topological polar surface area (TPSA) is 46.6 Å². The number of hydrogen-bond donors (Lipinski definition) is 0. The summed E-state index contributed by atoms with van der Waals surface area (Å²) in [4.78, 5) is 25.6. The Balaban J connectivity index is 2.07. The van der Waals surface area contributed by atoms with Gasteiger partial charge < -0.3 is 9.64 Å². The average Bonchev–Trinajstić information content (AvgIpc) is 2.62. The highest BCUT2D eigenvalue weighted by atomic mass is 16.5. The van der Waals surface area contributed by atoms with Gasteiger partial charge in [-0.25, -0.2) is 0 Å². The molecule has 0 aromatic heterocycles. The first kappa shape index (κ1) is 12.2. The van der Waals surface area contributed by atoms with Crippen molar-refractivity contribution in [2.75, 3.05) is 18.1 Å². The molecule has 3 rings (SSSR count). The quantitative estimate of drug-likeness (QED) is 0.761. The van der Waals surface area contributed by atoms with Crippen molar-refractivity contribution in [1.29, 1.82) is 0 Å². The third-order valence-electron chi connectivity index (χ3n) is 4.09. The first-order valence-electron chi connectivity index (χ1n) is 6.62. The van der Waals surface area contributed by atoms with Gasteiger partial charge in [0, 0.05) is 13.5 Å². The van der Waals surface area contributed by atoms with Crippen LogP contribution in [0.3, 0.4) is 0 Å². The zero-order valence-corrected chi connectivity index (χ0v) is 11.2. The zero-order valence-electron chi connectivity index (χ0n) is 11.2. The Bertz CT molecular complexity index is 567. The van der Waals surface area contributed by atoms with Crippen LogP contribution < -0.4 is 4.90 Å². The van der Waals surface area contributed by atoms with Crippen molar-refractivity contribution < 1.29 is 14.3 Å². The van der Waals surface area contributed by atoms with Gasteiger partial charge in [0.2, 0.25) is 5.91 Å². The summed E-state index contributed by atoms with van der Waals surface area (Å²) in [6.07, 6.45) is 2.00. The highest BCUT2D eigenvalue weighted by Crippen LogP contribution is 2.46. The van der Waals surface area contributed by atoms with E-state index >= 15 is 0 Å². The molecule has 0 spiro atoms. The number of amides is 1. The summed E-state index contributed by atoms with van der Waals surface area (Å²) >= 11 is 0. The Morgan fingerprint density at radius 2 is 2.26 bits per heavy atom. The largest absolute Gasteiger partial charge is 0.464 e. The first-order chi connectivity index (χ1) is 9.04. The minimum Gasteiger partial charge on any atom is -0.464 e. The van der Waals surface area contributed by atoms with Gasteiger partial charge in [-0.05, 0) is 30.9 Å². The lowest BCUT2D eigenvalue weighted by Gasteiger charge is -2.26. The molecule has 1 amide bonds. The van der Waals surface area contributed by atoms with Crippen LogP contribution in [-0.4, -0.2) is 25.0 Å². The predicted molar refractivity (Wildman–Crippen MR) is 71.1 cm³/mol. The third kappa shape index (κ3) is 1.66. The number of aryl methyl sites for hydroxylation is 1. The third-order valence-corrected chi connectivity index (χ3v) is 4.09. The van der Waals surface area contributed by atoms with E-state index < -0.39 is 5.41 Å². The molecule has 0 bridgehead atoms. The lowest BCUT2D eigenvalue weighted by molar-refractivity contribution is -0.144. The molecule has 100 valence electrons. The zero-order chi connectivity index (χ0) is 13.6. The monoisotopic (exact) mass is 259 g/mol. The van der Waals surface area contributed by atoms with Gasteiger partial charge in [0.25, 0.3) is 0 Å². The van der Waals surface area contributed by atoms with Crippen LogP contribution in [0.5, 0.6) is 0 Å². The second-order valence-electron chi connectivity index (χ2n) is 5.49. The van der Waals surface area contributed by atoms with E-state index in [-0.39, 0.29) is 18.5 Å². The van der Waals surface area contributed by atoms with E-state index in [1.54, 1.807) is 0 Å². The van der Waals surface area contributed by atoms with E-state index in [0.29, 0.717) is 0 Å². The molecular weight excluding hydrogens is 242 g/mol. The van der Waals surface area contributed by atoms with E-state index in [9.17, 15) is 9.59 Å². The number of ether oxygens (including phenoxy) is 1. The molecule has 0 aliphatic carbocycles. The normalized spacial score (nSPS) is 24.3. The number of carbonyl (C=O) groups is 2. The molecule has 0 unspecified atom stereocenters. The standard InChI is InChI=1S/C15H17NO3/c1-10(17)19-9-15(2)12-7-3-5-11-6-4-8-16(13(11)12)14(15)18/h3,5,7H,4,6,8-9H2,1-2H3/t15-/m0/s1. The van der Waals surface area contributed by atoms with Crippen LogP contribution in [0.15, 0.2) is 18.2 Å². The summed E-state index contributed by atoms with van der Waals surface area (Å²) in [6, 6.07) is 6.05. The summed E-state index contributed by atoms with van der Waals surface area (Å²) < 4.78 is 5.12. The fraction of sp³-hybridized carbons (Fsp3) is 0.467. The summed E-state index contributed by atoms with van der Waals surface area (Å²) in [5.41, 5.74) is 2.54. The van der Waals surface area contributed by atoms with Crippen molar-refractivity contribution in [2.45, 2.75) is 32.1 Å². The molecule has 19 heavy (non-hydrogen) atoms. The first-order valence-corrected chi connectivity index (χ1v) is 6.62. The van der Waals surface area contributed by atoms with E-state index in [0.717, 1.165) is 30.6 Å². The van der Waals surface area contributed by atoms with Crippen LogP contribution in [0.25, 0.3) is 0 Å². The Kier molecular flexibility index (Phi) is 2.62. The Morgan fingerprint density at radius 1 is 1.47 bits per heavy atom. The molecule has 0 radical (unpaired) electrons. The Hall–Kier alpha value is -1.84. The molecule has 4 nitrogen and oxygen atoms in total. The molecule has 1 aromatic rings. The molecule has 2 aliphatic rings. The molecule has 1 aromatic carbocycles. The van der Waals surface area contributed by atoms with Crippen LogP contribution in [0.1, 0.15) is 31.4 Å². The van der Waals surface area contributed by atoms with Gasteiger partial charge in [0.15, 0.2) is 0 Å². The van der Waals surface area contributed by atoms with Gasteiger partial charge in [0.1, 0.15) is 12.0 Å². The summed E-state index contributed by atoms with van der Waals surface area (Å²) in [5.74, 6) is -0.295.